The molecule has 4 nitrogen and oxygen atoms in total. The number of carbonyl (C=O) groups is 1. The highest BCUT2D eigenvalue weighted by Crippen LogP contribution is 2.27. The van der Waals surface area contributed by atoms with Crippen LogP contribution in [-0.2, 0) is 15.6 Å². The molecule has 0 bridgehead atoms. The van der Waals surface area contributed by atoms with Gasteiger partial charge in [0.15, 0.2) is 0 Å². The summed E-state index contributed by atoms with van der Waals surface area (Å²) >= 11 is 5.86. The molecule has 19 heavy (non-hydrogen) atoms. The van der Waals surface area contributed by atoms with Crippen molar-refractivity contribution in [2.24, 2.45) is 0 Å². The molecule has 1 atom stereocenters. The van der Waals surface area contributed by atoms with Gasteiger partial charge in [0.25, 0.3) is 0 Å². The number of anilines is 1. The minimum absolute atomic E-state index is 0.0329. The zero-order valence-electron chi connectivity index (χ0n) is 10.8. The van der Waals surface area contributed by atoms with Gasteiger partial charge in [-0.3, -0.25) is 9.00 Å². The fourth-order valence-electron chi connectivity index (χ4n) is 2.00. The molecular formula is C13H17ClN2O2S. The van der Waals surface area contributed by atoms with Crippen molar-refractivity contribution in [1.29, 1.82) is 0 Å². The third kappa shape index (κ3) is 3.48. The van der Waals surface area contributed by atoms with Gasteiger partial charge in [-0.25, -0.2) is 0 Å². The summed E-state index contributed by atoms with van der Waals surface area (Å²) < 4.78 is 12.2. The van der Waals surface area contributed by atoms with Gasteiger partial charge in [0.2, 0.25) is 5.91 Å². The van der Waals surface area contributed by atoms with Gasteiger partial charge >= 0.3 is 0 Å². The van der Waals surface area contributed by atoms with Crippen molar-refractivity contribution in [3.8, 4) is 0 Å². The molecule has 0 heterocycles. The summed E-state index contributed by atoms with van der Waals surface area (Å²) in [7, 11) is -1.45. The SMILES string of the molecule is CCN(C(=O)CS(=O)c1cc(Cl)ccc1N)C1CC1. The Bertz CT molecular complexity index is 517. The molecule has 1 aliphatic rings. The highest BCUT2D eigenvalue weighted by Gasteiger charge is 2.32. The zero-order valence-corrected chi connectivity index (χ0v) is 12.3. The van der Waals surface area contributed by atoms with E-state index in [1.54, 1.807) is 23.1 Å². The lowest BCUT2D eigenvalue weighted by molar-refractivity contribution is -0.128. The van der Waals surface area contributed by atoms with Gasteiger partial charge in [-0.15, -0.1) is 0 Å². The number of halogens is 1. The van der Waals surface area contributed by atoms with E-state index in [1.807, 2.05) is 6.92 Å². The summed E-state index contributed by atoms with van der Waals surface area (Å²) in [5.41, 5.74) is 6.18. The van der Waals surface area contributed by atoms with E-state index in [4.69, 9.17) is 17.3 Å². The fourth-order valence-corrected chi connectivity index (χ4v) is 3.37. The first-order valence-electron chi connectivity index (χ1n) is 6.25. The van der Waals surface area contributed by atoms with Crippen molar-refractivity contribution in [3.63, 3.8) is 0 Å². The Balaban J connectivity index is 2.07. The number of nitrogens with two attached hydrogens (primary N) is 1. The predicted octanol–water partition coefficient (Wildman–Crippen LogP) is 2.04. The number of amides is 1. The summed E-state index contributed by atoms with van der Waals surface area (Å²) in [6, 6.07) is 5.15. The molecule has 1 aromatic carbocycles. The first-order chi connectivity index (χ1) is 9.02. The molecule has 1 fully saturated rings. The van der Waals surface area contributed by atoms with Crippen LogP contribution in [0.5, 0.6) is 0 Å². The van der Waals surface area contributed by atoms with E-state index in [9.17, 15) is 9.00 Å². The van der Waals surface area contributed by atoms with E-state index in [2.05, 4.69) is 0 Å². The Kier molecular flexibility index (Phi) is 4.47. The van der Waals surface area contributed by atoms with Crippen LogP contribution >= 0.6 is 11.6 Å². The minimum atomic E-state index is -1.45. The van der Waals surface area contributed by atoms with Crippen molar-refractivity contribution in [2.75, 3.05) is 18.0 Å². The molecule has 0 spiro atoms. The zero-order chi connectivity index (χ0) is 14.0. The van der Waals surface area contributed by atoms with E-state index < -0.39 is 10.8 Å². The quantitative estimate of drug-likeness (QED) is 0.846. The van der Waals surface area contributed by atoms with Crippen molar-refractivity contribution < 1.29 is 9.00 Å². The second-order valence-electron chi connectivity index (χ2n) is 4.58. The van der Waals surface area contributed by atoms with E-state index in [0.29, 0.717) is 28.2 Å². The van der Waals surface area contributed by atoms with Crippen molar-refractivity contribution in [3.05, 3.63) is 23.2 Å². The highest BCUT2D eigenvalue weighted by molar-refractivity contribution is 7.86. The Morgan fingerprint density at radius 1 is 1.53 bits per heavy atom. The number of hydrogen-bond acceptors (Lipinski definition) is 3. The van der Waals surface area contributed by atoms with E-state index in [1.165, 1.54) is 0 Å². The number of rotatable bonds is 5. The molecule has 0 aromatic heterocycles. The number of hydrogen-bond donors (Lipinski definition) is 1. The number of benzene rings is 1. The number of nitrogen functional groups attached to an aromatic ring is 1. The van der Waals surface area contributed by atoms with Crippen molar-refractivity contribution in [1.82, 2.24) is 4.90 Å². The summed E-state index contributed by atoms with van der Waals surface area (Å²) in [5.74, 6) is -0.114. The first kappa shape index (κ1) is 14.3. The van der Waals surface area contributed by atoms with Gasteiger partial charge in [0, 0.05) is 23.3 Å². The maximum Gasteiger partial charge on any atom is 0.235 e. The van der Waals surface area contributed by atoms with Gasteiger partial charge < -0.3 is 10.6 Å². The molecule has 0 aliphatic heterocycles. The molecule has 1 unspecified atom stereocenters. The number of nitrogens with zero attached hydrogens (tertiary/aromatic N) is 1. The van der Waals surface area contributed by atoms with E-state index in [0.717, 1.165) is 12.8 Å². The second kappa shape index (κ2) is 5.92. The molecule has 1 aliphatic carbocycles. The fraction of sp³-hybridized carbons (Fsp3) is 0.462. The van der Waals surface area contributed by atoms with Crippen molar-refractivity contribution in [2.45, 2.75) is 30.7 Å². The van der Waals surface area contributed by atoms with Crippen LogP contribution in [0.4, 0.5) is 5.69 Å². The van der Waals surface area contributed by atoms with Crippen LogP contribution in [0, 0.1) is 0 Å². The Hall–Kier alpha value is -1.07. The van der Waals surface area contributed by atoms with Crippen LogP contribution in [0.15, 0.2) is 23.1 Å². The molecule has 1 aromatic rings. The average molecular weight is 301 g/mol. The molecule has 2 rings (SSSR count). The van der Waals surface area contributed by atoms with Gasteiger partial charge in [-0.05, 0) is 38.0 Å². The lowest BCUT2D eigenvalue weighted by atomic mass is 10.3. The molecule has 6 heteroatoms. The third-order valence-corrected chi connectivity index (χ3v) is 4.71. The largest absolute Gasteiger partial charge is 0.398 e. The Morgan fingerprint density at radius 2 is 2.21 bits per heavy atom. The van der Waals surface area contributed by atoms with Gasteiger partial charge in [-0.1, -0.05) is 11.6 Å². The summed E-state index contributed by atoms with van der Waals surface area (Å²) in [5, 5.41) is 0.472. The summed E-state index contributed by atoms with van der Waals surface area (Å²) in [6.07, 6.45) is 2.09. The average Bonchev–Trinajstić information content (AvgIpc) is 3.17. The maximum absolute atomic E-state index is 12.2. The lowest BCUT2D eigenvalue weighted by Crippen LogP contribution is -2.36. The molecular weight excluding hydrogens is 284 g/mol. The lowest BCUT2D eigenvalue weighted by Gasteiger charge is -2.20. The van der Waals surface area contributed by atoms with Crippen LogP contribution in [0.2, 0.25) is 5.02 Å². The molecule has 0 radical (unpaired) electrons. The van der Waals surface area contributed by atoms with Crippen LogP contribution in [-0.4, -0.2) is 33.4 Å². The number of carbonyl (C=O) groups excluding carboxylic acids is 1. The second-order valence-corrected chi connectivity index (χ2v) is 6.44. The maximum atomic E-state index is 12.2. The summed E-state index contributed by atoms with van der Waals surface area (Å²) in [6.45, 7) is 2.60. The van der Waals surface area contributed by atoms with Gasteiger partial charge in [0.1, 0.15) is 5.75 Å². The van der Waals surface area contributed by atoms with Gasteiger partial charge in [0.05, 0.1) is 15.7 Å². The smallest absolute Gasteiger partial charge is 0.235 e. The topological polar surface area (TPSA) is 63.4 Å². The third-order valence-electron chi connectivity index (χ3n) is 3.12. The molecule has 1 saturated carbocycles. The molecule has 0 saturated heterocycles. The molecule has 2 N–H and O–H groups in total. The standard InChI is InChI=1S/C13H17ClN2O2S/c1-2-16(10-4-5-10)13(17)8-19(18)12-7-9(14)3-6-11(12)15/h3,6-7,10H,2,4-5,8,15H2,1H3. The Morgan fingerprint density at radius 3 is 2.79 bits per heavy atom. The molecule has 104 valence electrons. The van der Waals surface area contributed by atoms with Crippen molar-refractivity contribution >= 4 is 34.0 Å². The summed E-state index contributed by atoms with van der Waals surface area (Å²) in [4.78, 5) is 14.3. The predicted molar refractivity (Wildman–Crippen MR) is 77.5 cm³/mol. The van der Waals surface area contributed by atoms with Crippen LogP contribution in [0.1, 0.15) is 19.8 Å². The highest BCUT2D eigenvalue weighted by atomic mass is 35.5. The monoisotopic (exact) mass is 300 g/mol. The minimum Gasteiger partial charge on any atom is -0.398 e. The molecule has 1 amide bonds. The first-order valence-corrected chi connectivity index (χ1v) is 7.95. The van der Waals surface area contributed by atoms with E-state index in [-0.39, 0.29) is 11.7 Å². The van der Waals surface area contributed by atoms with Crippen LogP contribution in [0.3, 0.4) is 0 Å². The van der Waals surface area contributed by atoms with Crippen LogP contribution < -0.4 is 5.73 Å². The Labute approximate surface area is 120 Å². The normalized spacial score (nSPS) is 16.1. The van der Waals surface area contributed by atoms with Gasteiger partial charge in [-0.2, -0.15) is 0 Å². The van der Waals surface area contributed by atoms with Crippen LogP contribution in [0.25, 0.3) is 0 Å². The van der Waals surface area contributed by atoms with E-state index >= 15 is 0 Å².